The van der Waals surface area contributed by atoms with Gasteiger partial charge in [0.25, 0.3) is 0 Å². The molecule has 0 rings (SSSR count). The summed E-state index contributed by atoms with van der Waals surface area (Å²) >= 11 is 0. The summed E-state index contributed by atoms with van der Waals surface area (Å²) < 4.78 is 10.4. The minimum Gasteiger partial charge on any atom is -0.466 e. The number of carbonyl (C=O) groups excluding carboxylic acids is 1. The predicted octanol–water partition coefficient (Wildman–Crippen LogP) is 1.73. The van der Waals surface area contributed by atoms with Gasteiger partial charge in [0.2, 0.25) is 0 Å². The fourth-order valence-electron chi connectivity index (χ4n) is 1.41. The Hall–Kier alpha value is -0.610. The summed E-state index contributed by atoms with van der Waals surface area (Å²) in [6.45, 7) is 6.00. The van der Waals surface area contributed by atoms with Crippen molar-refractivity contribution in [3.05, 3.63) is 0 Å². The number of nitrogens with one attached hydrogen (secondary N) is 1. The number of unbranched alkanes of at least 4 members (excludes halogenated alkanes) is 2. The first-order valence-corrected chi connectivity index (χ1v) is 6.12. The lowest BCUT2D eigenvalue weighted by Crippen LogP contribution is -2.23. The topological polar surface area (TPSA) is 47.6 Å². The van der Waals surface area contributed by atoms with Crippen molar-refractivity contribution in [2.24, 2.45) is 0 Å². The van der Waals surface area contributed by atoms with Crippen LogP contribution < -0.4 is 5.32 Å². The molecule has 0 aromatic carbocycles. The SMILES string of the molecule is CCOC(=O)CCCCCOC(C)CNC. The summed E-state index contributed by atoms with van der Waals surface area (Å²) in [7, 11) is 1.92. The third-order valence-electron chi connectivity index (χ3n) is 2.22. The van der Waals surface area contributed by atoms with E-state index in [0.717, 1.165) is 32.4 Å². The molecule has 0 bridgehead atoms. The standard InChI is InChI=1S/C12H25NO3/c1-4-15-12(14)8-6-5-7-9-16-11(2)10-13-3/h11,13H,4-10H2,1-3H3. The molecular formula is C12H25NO3. The average molecular weight is 231 g/mol. The second-order valence-corrected chi connectivity index (χ2v) is 3.85. The fourth-order valence-corrected chi connectivity index (χ4v) is 1.41. The van der Waals surface area contributed by atoms with Gasteiger partial charge >= 0.3 is 5.97 Å². The first kappa shape index (κ1) is 15.4. The Labute approximate surface area is 98.7 Å². The second kappa shape index (κ2) is 10.9. The number of ether oxygens (including phenoxy) is 2. The van der Waals surface area contributed by atoms with E-state index >= 15 is 0 Å². The maximum atomic E-state index is 11.0. The van der Waals surface area contributed by atoms with E-state index in [1.54, 1.807) is 0 Å². The van der Waals surface area contributed by atoms with Gasteiger partial charge in [0.1, 0.15) is 0 Å². The van der Waals surface area contributed by atoms with E-state index in [-0.39, 0.29) is 12.1 Å². The van der Waals surface area contributed by atoms with Gasteiger partial charge < -0.3 is 14.8 Å². The van der Waals surface area contributed by atoms with Crippen LogP contribution in [-0.2, 0) is 14.3 Å². The summed E-state index contributed by atoms with van der Waals surface area (Å²) in [6.07, 6.45) is 3.70. The van der Waals surface area contributed by atoms with Crippen molar-refractivity contribution in [2.75, 3.05) is 26.8 Å². The number of rotatable bonds is 10. The lowest BCUT2D eigenvalue weighted by Gasteiger charge is -2.11. The van der Waals surface area contributed by atoms with E-state index in [1.807, 2.05) is 14.0 Å². The van der Waals surface area contributed by atoms with Crippen molar-refractivity contribution < 1.29 is 14.3 Å². The summed E-state index contributed by atoms with van der Waals surface area (Å²) in [6, 6.07) is 0. The minimum atomic E-state index is -0.0908. The Morgan fingerprint density at radius 1 is 1.31 bits per heavy atom. The number of carbonyl (C=O) groups is 1. The molecule has 0 heterocycles. The molecule has 0 saturated carbocycles. The number of esters is 1. The van der Waals surface area contributed by atoms with Crippen LogP contribution in [-0.4, -0.2) is 38.9 Å². The average Bonchev–Trinajstić information content (AvgIpc) is 2.24. The highest BCUT2D eigenvalue weighted by Crippen LogP contribution is 2.02. The van der Waals surface area contributed by atoms with Crippen LogP contribution in [0.1, 0.15) is 39.5 Å². The Morgan fingerprint density at radius 2 is 2.06 bits per heavy atom. The highest BCUT2D eigenvalue weighted by atomic mass is 16.5. The Kier molecular flexibility index (Phi) is 10.5. The van der Waals surface area contributed by atoms with Gasteiger partial charge in [-0.1, -0.05) is 6.42 Å². The molecule has 16 heavy (non-hydrogen) atoms. The highest BCUT2D eigenvalue weighted by molar-refractivity contribution is 5.69. The number of hydrogen-bond donors (Lipinski definition) is 1. The first-order chi connectivity index (χ1) is 7.70. The van der Waals surface area contributed by atoms with Gasteiger partial charge in [0.05, 0.1) is 12.7 Å². The van der Waals surface area contributed by atoms with Crippen LogP contribution in [0.4, 0.5) is 0 Å². The van der Waals surface area contributed by atoms with Crippen LogP contribution in [0.15, 0.2) is 0 Å². The largest absolute Gasteiger partial charge is 0.466 e. The number of hydrogen-bond acceptors (Lipinski definition) is 4. The van der Waals surface area contributed by atoms with E-state index in [1.165, 1.54) is 0 Å². The summed E-state index contributed by atoms with van der Waals surface area (Å²) in [5, 5.41) is 3.06. The first-order valence-electron chi connectivity index (χ1n) is 6.12. The van der Waals surface area contributed by atoms with Gasteiger partial charge in [0.15, 0.2) is 0 Å². The smallest absolute Gasteiger partial charge is 0.305 e. The minimum absolute atomic E-state index is 0.0908. The van der Waals surface area contributed by atoms with Gasteiger partial charge in [-0.05, 0) is 33.7 Å². The van der Waals surface area contributed by atoms with Gasteiger partial charge in [-0.3, -0.25) is 4.79 Å². The number of likely N-dealkylation sites (N-methyl/N-ethyl adjacent to an activating group) is 1. The lowest BCUT2D eigenvalue weighted by molar-refractivity contribution is -0.143. The predicted molar refractivity (Wildman–Crippen MR) is 64.4 cm³/mol. The molecule has 0 amide bonds. The molecule has 4 heteroatoms. The van der Waals surface area contributed by atoms with Crippen molar-refractivity contribution in [3.8, 4) is 0 Å². The van der Waals surface area contributed by atoms with Gasteiger partial charge in [0, 0.05) is 19.6 Å². The van der Waals surface area contributed by atoms with Gasteiger partial charge in [-0.2, -0.15) is 0 Å². The molecule has 4 nitrogen and oxygen atoms in total. The maximum Gasteiger partial charge on any atom is 0.305 e. The van der Waals surface area contributed by atoms with E-state index in [0.29, 0.717) is 13.0 Å². The molecular weight excluding hydrogens is 206 g/mol. The second-order valence-electron chi connectivity index (χ2n) is 3.85. The van der Waals surface area contributed by atoms with E-state index < -0.39 is 0 Å². The van der Waals surface area contributed by atoms with Crippen molar-refractivity contribution in [1.29, 1.82) is 0 Å². The molecule has 0 saturated heterocycles. The Balaban J connectivity index is 3.18. The summed E-state index contributed by atoms with van der Waals surface area (Å²) in [5.74, 6) is -0.0908. The molecule has 0 spiro atoms. The maximum absolute atomic E-state index is 11.0. The third kappa shape index (κ3) is 9.93. The van der Waals surface area contributed by atoms with Crippen molar-refractivity contribution in [2.45, 2.75) is 45.6 Å². The van der Waals surface area contributed by atoms with Crippen molar-refractivity contribution in [3.63, 3.8) is 0 Å². The van der Waals surface area contributed by atoms with Crippen molar-refractivity contribution >= 4 is 5.97 Å². The lowest BCUT2D eigenvalue weighted by atomic mass is 10.2. The Bertz CT molecular complexity index is 174. The van der Waals surface area contributed by atoms with Crippen LogP contribution in [0, 0.1) is 0 Å². The Morgan fingerprint density at radius 3 is 2.69 bits per heavy atom. The zero-order chi connectivity index (χ0) is 12.2. The van der Waals surface area contributed by atoms with Crippen LogP contribution >= 0.6 is 0 Å². The summed E-state index contributed by atoms with van der Waals surface area (Å²) in [4.78, 5) is 11.0. The molecule has 0 aliphatic rings. The van der Waals surface area contributed by atoms with Crippen LogP contribution in [0.3, 0.4) is 0 Å². The summed E-state index contributed by atoms with van der Waals surface area (Å²) in [5.41, 5.74) is 0. The van der Waals surface area contributed by atoms with Gasteiger partial charge in [-0.15, -0.1) is 0 Å². The molecule has 0 aliphatic heterocycles. The zero-order valence-electron chi connectivity index (χ0n) is 10.8. The monoisotopic (exact) mass is 231 g/mol. The zero-order valence-corrected chi connectivity index (χ0v) is 10.8. The molecule has 1 atom stereocenters. The van der Waals surface area contributed by atoms with Gasteiger partial charge in [-0.25, -0.2) is 0 Å². The normalized spacial score (nSPS) is 12.4. The third-order valence-corrected chi connectivity index (χ3v) is 2.22. The molecule has 0 aromatic heterocycles. The molecule has 96 valence electrons. The molecule has 0 radical (unpaired) electrons. The molecule has 0 aromatic rings. The van der Waals surface area contributed by atoms with Crippen LogP contribution in [0.25, 0.3) is 0 Å². The van der Waals surface area contributed by atoms with E-state index in [2.05, 4.69) is 12.2 Å². The van der Waals surface area contributed by atoms with Crippen LogP contribution in [0.5, 0.6) is 0 Å². The molecule has 1 N–H and O–H groups in total. The van der Waals surface area contributed by atoms with Crippen LogP contribution in [0.2, 0.25) is 0 Å². The van der Waals surface area contributed by atoms with E-state index in [4.69, 9.17) is 9.47 Å². The van der Waals surface area contributed by atoms with Crippen molar-refractivity contribution in [1.82, 2.24) is 5.32 Å². The van der Waals surface area contributed by atoms with E-state index in [9.17, 15) is 4.79 Å². The quantitative estimate of drug-likeness (QED) is 0.459. The molecule has 0 fully saturated rings. The highest BCUT2D eigenvalue weighted by Gasteiger charge is 2.02. The fraction of sp³-hybridized carbons (Fsp3) is 0.917. The molecule has 0 aliphatic carbocycles. The molecule has 1 unspecified atom stereocenters.